The summed E-state index contributed by atoms with van der Waals surface area (Å²) in [6.07, 6.45) is 12.6. The van der Waals surface area contributed by atoms with E-state index in [9.17, 15) is 9.59 Å². The summed E-state index contributed by atoms with van der Waals surface area (Å²) in [6, 6.07) is 9.27. The highest BCUT2D eigenvalue weighted by Crippen LogP contribution is 2.40. The van der Waals surface area contributed by atoms with Crippen LogP contribution in [0.4, 0.5) is 4.79 Å². The van der Waals surface area contributed by atoms with Gasteiger partial charge in [0.15, 0.2) is 0 Å². The monoisotopic (exact) mass is 571 g/mol. The van der Waals surface area contributed by atoms with E-state index in [-0.39, 0.29) is 36.1 Å². The Morgan fingerprint density at radius 2 is 1.55 bits per heavy atom. The van der Waals surface area contributed by atoms with E-state index in [1.807, 2.05) is 17.0 Å². The molecule has 3 saturated heterocycles. The third-order valence-electron chi connectivity index (χ3n) is 10.0. The first-order valence-corrected chi connectivity index (χ1v) is 16.5. The fraction of sp³-hybridized carbons (Fsp3) is 0.750. The number of urea groups is 1. The van der Waals surface area contributed by atoms with Crippen molar-refractivity contribution in [3.05, 3.63) is 34.9 Å². The van der Waals surface area contributed by atoms with Gasteiger partial charge in [0.1, 0.15) is 0 Å². The normalized spacial score (nSPS) is 26.5. The van der Waals surface area contributed by atoms with Crippen LogP contribution in [0.25, 0.3) is 0 Å². The van der Waals surface area contributed by atoms with Gasteiger partial charge in [-0.25, -0.2) is 4.79 Å². The van der Waals surface area contributed by atoms with Gasteiger partial charge >= 0.3 is 6.03 Å². The van der Waals surface area contributed by atoms with Gasteiger partial charge in [-0.2, -0.15) is 0 Å². The maximum absolute atomic E-state index is 14.4. The molecule has 1 aromatic rings. The molecule has 7 nitrogen and oxygen atoms in total. The van der Waals surface area contributed by atoms with Crippen molar-refractivity contribution in [3.8, 4) is 0 Å². The Balaban J connectivity index is 1.33. The van der Waals surface area contributed by atoms with Gasteiger partial charge in [0.2, 0.25) is 5.91 Å². The third-order valence-corrected chi connectivity index (χ3v) is 10.3. The second-order valence-corrected chi connectivity index (χ2v) is 12.9. The van der Waals surface area contributed by atoms with Crippen LogP contribution in [0, 0.1) is 0 Å². The van der Waals surface area contributed by atoms with E-state index in [1.165, 1.54) is 19.3 Å². The Kier molecular flexibility index (Phi) is 10.3. The number of nitrogens with zero attached hydrogens (tertiary/aromatic N) is 3. The highest BCUT2D eigenvalue weighted by atomic mass is 35.5. The predicted octanol–water partition coefficient (Wildman–Crippen LogP) is 5.21. The molecule has 2 bridgehead atoms. The van der Waals surface area contributed by atoms with Crippen molar-refractivity contribution in [2.24, 2.45) is 0 Å². The summed E-state index contributed by atoms with van der Waals surface area (Å²) in [5.41, 5.74) is 1.14. The minimum atomic E-state index is -0.240. The zero-order chi connectivity index (χ0) is 28.1. The molecule has 2 N–H and O–H groups in total. The van der Waals surface area contributed by atoms with Crippen LogP contribution >= 0.6 is 11.6 Å². The Morgan fingerprint density at radius 1 is 0.925 bits per heavy atom. The van der Waals surface area contributed by atoms with Crippen LogP contribution in [0.2, 0.25) is 5.02 Å². The quantitative estimate of drug-likeness (QED) is 0.427. The van der Waals surface area contributed by atoms with Crippen molar-refractivity contribution in [3.63, 3.8) is 0 Å². The summed E-state index contributed by atoms with van der Waals surface area (Å²) < 4.78 is 0. The molecule has 3 heterocycles. The van der Waals surface area contributed by atoms with Gasteiger partial charge in [0.25, 0.3) is 0 Å². The first-order chi connectivity index (χ1) is 19.5. The van der Waals surface area contributed by atoms with E-state index in [1.54, 1.807) is 0 Å². The van der Waals surface area contributed by atoms with E-state index in [0.29, 0.717) is 18.5 Å². The number of halogens is 1. The summed E-state index contributed by atoms with van der Waals surface area (Å²) >= 11 is 6.16. The molecule has 0 aromatic heterocycles. The zero-order valence-corrected chi connectivity index (χ0v) is 25.4. The topological polar surface area (TPSA) is 67.9 Å². The van der Waals surface area contributed by atoms with Crippen molar-refractivity contribution < 1.29 is 9.59 Å². The molecule has 4 fully saturated rings. The van der Waals surface area contributed by atoms with Gasteiger partial charge in [0, 0.05) is 48.3 Å². The Labute approximate surface area is 246 Å². The fourth-order valence-corrected chi connectivity index (χ4v) is 8.02. The van der Waals surface area contributed by atoms with Gasteiger partial charge in [-0.05, 0) is 102 Å². The third kappa shape index (κ3) is 6.79. The number of benzene rings is 1. The van der Waals surface area contributed by atoms with E-state index in [0.717, 1.165) is 88.1 Å². The minimum absolute atomic E-state index is 0.217. The number of amides is 3. The van der Waals surface area contributed by atoms with Crippen LogP contribution in [0.3, 0.4) is 0 Å². The van der Waals surface area contributed by atoms with Gasteiger partial charge in [-0.3, -0.25) is 4.79 Å². The highest BCUT2D eigenvalue weighted by Gasteiger charge is 2.48. The standard InChI is InChI=1S/C32H50ClN5O2/c1-3-36(4-2)32(40)38(26-8-6-5-7-9-26)29-21-27-14-15-28(22-29)37(27)31(39)30(35-25-16-18-34-19-17-25)20-23-10-12-24(33)13-11-23/h10-13,25-30,34-35H,3-9,14-22H2,1-2H3/t27?,28?,29?,30-/m0/s1. The molecule has 0 spiro atoms. The minimum Gasteiger partial charge on any atom is -0.335 e. The number of hydrogen-bond acceptors (Lipinski definition) is 4. The van der Waals surface area contributed by atoms with Crippen molar-refractivity contribution >= 4 is 23.5 Å². The molecule has 5 rings (SSSR count). The van der Waals surface area contributed by atoms with Crippen molar-refractivity contribution in [1.82, 2.24) is 25.3 Å². The molecule has 1 aliphatic carbocycles. The van der Waals surface area contributed by atoms with Crippen LogP contribution < -0.4 is 10.6 Å². The number of carbonyl (C=O) groups excluding carboxylic acids is 2. The van der Waals surface area contributed by atoms with E-state index in [2.05, 4.69) is 46.4 Å². The average Bonchev–Trinajstić information content (AvgIpc) is 3.24. The molecule has 3 aliphatic heterocycles. The average molecular weight is 572 g/mol. The van der Waals surface area contributed by atoms with E-state index >= 15 is 0 Å². The number of hydrogen-bond donors (Lipinski definition) is 2. The summed E-state index contributed by atoms with van der Waals surface area (Å²) in [5, 5.41) is 7.95. The SMILES string of the molecule is CCN(CC)C(=O)N(C1CCCCC1)C1CC2CCC(C1)N2C(=O)[C@H](Cc1ccc(Cl)cc1)NC1CCNCC1. The maximum atomic E-state index is 14.4. The van der Waals surface area contributed by atoms with Crippen LogP contribution in [0.5, 0.6) is 0 Å². The first-order valence-electron chi connectivity index (χ1n) is 16.1. The molecule has 0 radical (unpaired) electrons. The van der Waals surface area contributed by atoms with Gasteiger partial charge < -0.3 is 25.3 Å². The predicted molar refractivity (Wildman–Crippen MR) is 162 cm³/mol. The molecule has 1 saturated carbocycles. The number of carbonyl (C=O) groups is 2. The molecule has 1 aromatic carbocycles. The van der Waals surface area contributed by atoms with Crippen LogP contribution in [0.15, 0.2) is 24.3 Å². The molecule has 3 amide bonds. The second-order valence-electron chi connectivity index (χ2n) is 12.5. The summed E-state index contributed by atoms with van der Waals surface area (Å²) in [7, 11) is 0. The van der Waals surface area contributed by atoms with E-state index < -0.39 is 0 Å². The Morgan fingerprint density at radius 3 is 2.15 bits per heavy atom. The summed E-state index contributed by atoms with van der Waals surface area (Å²) in [5.74, 6) is 0.249. The lowest BCUT2D eigenvalue weighted by Crippen LogP contribution is -2.61. The largest absolute Gasteiger partial charge is 0.335 e. The number of piperidine rings is 2. The van der Waals surface area contributed by atoms with E-state index in [4.69, 9.17) is 11.6 Å². The van der Waals surface area contributed by atoms with Crippen LogP contribution in [-0.2, 0) is 11.2 Å². The van der Waals surface area contributed by atoms with Gasteiger partial charge in [0.05, 0.1) is 6.04 Å². The van der Waals surface area contributed by atoms with Crippen molar-refractivity contribution in [2.75, 3.05) is 26.2 Å². The molecule has 4 aliphatic rings. The molecule has 8 heteroatoms. The lowest BCUT2D eigenvalue weighted by molar-refractivity contribution is -0.139. The second kappa shape index (κ2) is 13.9. The number of fused-ring (bicyclic) bond motifs is 2. The van der Waals surface area contributed by atoms with Crippen molar-refractivity contribution in [1.29, 1.82) is 0 Å². The lowest BCUT2D eigenvalue weighted by Gasteiger charge is -2.48. The molecule has 222 valence electrons. The van der Waals surface area contributed by atoms with Crippen LogP contribution in [-0.4, -0.2) is 89.1 Å². The molecular formula is C32H50ClN5O2. The van der Waals surface area contributed by atoms with Gasteiger partial charge in [-0.15, -0.1) is 0 Å². The Bertz CT molecular complexity index is 960. The first kappa shape index (κ1) is 29.7. The number of nitrogens with one attached hydrogen (secondary N) is 2. The lowest BCUT2D eigenvalue weighted by atomic mass is 9.89. The molecular weight excluding hydrogens is 522 g/mol. The maximum Gasteiger partial charge on any atom is 0.320 e. The zero-order valence-electron chi connectivity index (χ0n) is 24.6. The summed E-state index contributed by atoms with van der Waals surface area (Å²) in [4.78, 5) is 34.7. The van der Waals surface area contributed by atoms with Crippen LogP contribution in [0.1, 0.15) is 90.0 Å². The molecule has 3 atom stereocenters. The molecule has 2 unspecified atom stereocenters. The highest BCUT2D eigenvalue weighted by molar-refractivity contribution is 6.30. The Hall–Kier alpha value is -1.83. The smallest absolute Gasteiger partial charge is 0.320 e. The number of rotatable bonds is 9. The fourth-order valence-electron chi connectivity index (χ4n) is 7.89. The summed E-state index contributed by atoms with van der Waals surface area (Å²) in [6.45, 7) is 7.65. The van der Waals surface area contributed by atoms with Crippen molar-refractivity contribution in [2.45, 2.75) is 127 Å². The molecule has 40 heavy (non-hydrogen) atoms. The van der Waals surface area contributed by atoms with Gasteiger partial charge in [-0.1, -0.05) is 43.0 Å².